The third kappa shape index (κ3) is 3.48. The molecule has 0 aliphatic heterocycles. The summed E-state index contributed by atoms with van der Waals surface area (Å²) in [5, 5.41) is 0.730. The molecule has 74 valence electrons. The van der Waals surface area contributed by atoms with Crippen molar-refractivity contribution < 1.29 is 0 Å². The zero-order valence-electron chi connectivity index (χ0n) is 8.20. The molecule has 1 aromatic carbocycles. The maximum absolute atomic E-state index is 5.77. The molecule has 0 aliphatic carbocycles. The van der Waals surface area contributed by atoms with Gasteiger partial charge in [-0.25, -0.2) is 0 Å². The van der Waals surface area contributed by atoms with E-state index in [1.165, 1.54) is 0 Å². The fourth-order valence-electron chi connectivity index (χ4n) is 0.927. The first kappa shape index (κ1) is 11.2. The molecule has 0 saturated carbocycles. The third-order valence-corrected chi connectivity index (χ3v) is 2.28. The summed E-state index contributed by atoms with van der Waals surface area (Å²) in [6, 6.07) is 7.52. The number of allylic oxidation sites excluding steroid dienone is 1. The van der Waals surface area contributed by atoms with Crippen LogP contribution in [0, 0.1) is 0 Å². The highest BCUT2D eigenvalue weighted by atomic mass is 35.5. The third-order valence-electron chi connectivity index (χ3n) is 1.65. The summed E-state index contributed by atoms with van der Waals surface area (Å²) < 4.78 is 0. The number of nitrogens with zero attached hydrogens (tertiary/aromatic N) is 1. The smallest absolute Gasteiger partial charge is 0.0463 e. The van der Waals surface area contributed by atoms with Crippen molar-refractivity contribution in [3.8, 4) is 0 Å². The predicted molar refractivity (Wildman–Crippen MR) is 66.0 cm³/mol. The van der Waals surface area contributed by atoms with Crippen LogP contribution in [0.4, 0.5) is 0 Å². The lowest BCUT2D eigenvalue weighted by molar-refractivity contribution is 0.564. The average Bonchev–Trinajstić information content (AvgIpc) is 2.15. The van der Waals surface area contributed by atoms with E-state index in [0.29, 0.717) is 0 Å². The first-order valence-electron chi connectivity index (χ1n) is 4.24. The van der Waals surface area contributed by atoms with E-state index in [1.807, 2.05) is 55.5 Å². The van der Waals surface area contributed by atoms with Gasteiger partial charge in [0.1, 0.15) is 0 Å². The van der Waals surface area contributed by atoms with Gasteiger partial charge < -0.3 is 4.90 Å². The summed E-state index contributed by atoms with van der Waals surface area (Å²) in [7, 11) is 3.92. The van der Waals surface area contributed by atoms with Crippen LogP contribution in [-0.2, 0) is 0 Å². The molecule has 0 aromatic heterocycles. The van der Waals surface area contributed by atoms with Gasteiger partial charge in [0.2, 0.25) is 0 Å². The first-order valence-corrected chi connectivity index (χ1v) is 5.03. The predicted octanol–water partition coefficient (Wildman–Crippen LogP) is 3.13. The Morgan fingerprint density at radius 3 is 2.36 bits per heavy atom. The van der Waals surface area contributed by atoms with Crippen LogP contribution < -0.4 is 0 Å². The standard InChI is InChI=1S/C11H12ClNS/c1-13(2)8-7-11(14)9-3-5-10(12)6-4-9/h3-8H,1-2H3. The van der Waals surface area contributed by atoms with Crippen molar-refractivity contribution in [2.45, 2.75) is 0 Å². The minimum Gasteiger partial charge on any atom is -0.383 e. The summed E-state index contributed by atoms with van der Waals surface area (Å²) in [5.41, 5.74) is 1.02. The second-order valence-corrected chi connectivity index (χ2v) is 4.03. The van der Waals surface area contributed by atoms with Gasteiger partial charge in [0.25, 0.3) is 0 Å². The molecule has 0 spiro atoms. The summed E-state index contributed by atoms with van der Waals surface area (Å²) in [5.74, 6) is 0. The van der Waals surface area contributed by atoms with Gasteiger partial charge in [-0.05, 0) is 30.0 Å². The Morgan fingerprint density at radius 1 is 1.29 bits per heavy atom. The summed E-state index contributed by atoms with van der Waals surface area (Å²) in [6.45, 7) is 0. The van der Waals surface area contributed by atoms with E-state index in [-0.39, 0.29) is 0 Å². The Labute approximate surface area is 95.0 Å². The van der Waals surface area contributed by atoms with Gasteiger partial charge in [-0.3, -0.25) is 0 Å². The van der Waals surface area contributed by atoms with Gasteiger partial charge in [0.05, 0.1) is 0 Å². The van der Waals surface area contributed by atoms with E-state index in [4.69, 9.17) is 23.8 Å². The van der Waals surface area contributed by atoms with E-state index < -0.39 is 0 Å². The van der Waals surface area contributed by atoms with E-state index in [2.05, 4.69) is 0 Å². The molecule has 14 heavy (non-hydrogen) atoms. The van der Waals surface area contributed by atoms with E-state index in [9.17, 15) is 0 Å². The molecule has 0 aliphatic rings. The van der Waals surface area contributed by atoms with Crippen molar-refractivity contribution in [2.75, 3.05) is 14.1 Å². The Hall–Kier alpha value is -0.860. The molecule has 0 atom stereocenters. The zero-order valence-corrected chi connectivity index (χ0v) is 9.77. The van der Waals surface area contributed by atoms with Crippen molar-refractivity contribution in [3.05, 3.63) is 47.1 Å². The quantitative estimate of drug-likeness (QED) is 0.442. The second kappa shape index (κ2) is 5.13. The largest absolute Gasteiger partial charge is 0.383 e. The van der Waals surface area contributed by atoms with Crippen LogP contribution >= 0.6 is 23.8 Å². The van der Waals surface area contributed by atoms with E-state index >= 15 is 0 Å². The maximum atomic E-state index is 5.77. The molecular formula is C11H12ClNS. The summed E-state index contributed by atoms with van der Waals surface area (Å²) in [6.07, 6.45) is 3.83. The molecule has 0 radical (unpaired) electrons. The Balaban J connectivity index is 2.75. The Bertz CT molecular complexity index is 341. The Morgan fingerprint density at radius 2 is 1.86 bits per heavy atom. The molecule has 0 heterocycles. The van der Waals surface area contributed by atoms with Gasteiger partial charge in [-0.2, -0.15) is 0 Å². The number of hydrogen-bond donors (Lipinski definition) is 0. The number of hydrogen-bond acceptors (Lipinski definition) is 2. The van der Waals surface area contributed by atoms with Crippen molar-refractivity contribution in [2.24, 2.45) is 0 Å². The van der Waals surface area contributed by atoms with Crippen molar-refractivity contribution in [3.63, 3.8) is 0 Å². The van der Waals surface area contributed by atoms with Crippen LogP contribution in [0.3, 0.4) is 0 Å². The number of benzene rings is 1. The van der Waals surface area contributed by atoms with E-state index in [1.54, 1.807) is 0 Å². The normalized spacial score (nSPS) is 10.5. The minimum absolute atomic E-state index is 0.730. The zero-order chi connectivity index (χ0) is 10.6. The lowest BCUT2D eigenvalue weighted by Gasteiger charge is -2.04. The van der Waals surface area contributed by atoms with Gasteiger partial charge in [-0.15, -0.1) is 0 Å². The minimum atomic E-state index is 0.730. The molecule has 0 unspecified atom stereocenters. The highest BCUT2D eigenvalue weighted by molar-refractivity contribution is 7.81. The van der Waals surface area contributed by atoms with Crippen molar-refractivity contribution >= 4 is 28.7 Å². The maximum Gasteiger partial charge on any atom is 0.0463 e. The lowest BCUT2D eigenvalue weighted by atomic mass is 10.1. The van der Waals surface area contributed by atoms with Gasteiger partial charge in [0, 0.05) is 24.0 Å². The monoisotopic (exact) mass is 225 g/mol. The molecular weight excluding hydrogens is 214 g/mol. The number of rotatable bonds is 3. The van der Waals surface area contributed by atoms with Crippen LogP contribution in [0.5, 0.6) is 0 Å². The first-order chi connectivity index (χ1) is 6.59. The van der Waals surface area contributed by atoms with Crippen molar-refractivity contribution in [1.82, 2.24) is 4.90 Å². The number of halogens is 1. The highest BCUT2D eigenvalue weighted by Gasteiger charge is 1.96. The molecule has 0 amide bonds. The second-order valence-electron chi connectivity index (χ2n) is 3.15. The molecule has 3 heteroatoms. The molecule has 1 aromatic rings. The SMILES string of the molecule is CN(C)C=CC(=S)c1ccc(Cl)cc1. The summed E-state index contributed by atoms with van der Waals surface area (Å²) >= 11 is 11.0. The molecule has 0 bridgehead atoms. The molecule has 0 fully saturated rings. The van der Waals surface area contributed by atoms with Gasteiger partial charge >= 0.3 is 0 Å². The molecule has 0 saturated heterocycles. The number of thiocarbonyl (C=S) groups is 1. The molecule has 0 N–H and O–H groups in total. The average molecular weight is 226 g/mol. The summed E-state index contributed by atoms with van der Waals surface area (Å²) in [4.78, 5) is 2.76. The molecule has 1 nitrogen and oxygen atoms in total. The highest BCUT2D eigenvalue weighted by Crippen LogP contribution is 2.10. The fraction of sp³-hybridized carbons (Fsp3) is 0.182. The van der Waals surface area contributed by atoms with Gasteiger partial charge in [-0.1, -0.05) is 36.0 Å². The van der Waals surface area contributed by atoms with E-state index in [0.717, 1.165) is 15.5 Å². The van der Waals surface area contributed by atoms with Crippen molar-refractivity contribution in [1.29, 1.82) is 0 Å². The van der Waals surface area contributed by atoms with Crippen LogP contribution in [0.15, 0.2) is 36.5 Å². The van der Waals surface area contributed by atoms with Crippen LogP contribution in [0.2, 0.25) is 5.02 Å². The van der Waals surface area contributed by atoms with Crippen LogP contribution in [0.1, 0.15) is 5.56 Å². The molecule has 1 rings (SSSR count). The fourth-order valence-corrected chi connectivity index (χ4v) is 1.25. The van der Waals surface area contributed by atoms with Crippen LogP contribution in [-0.4, -0.2) is 23.9 Å². The Kier molecular flexibility index (Phi) is 4.11. The van der Waals surface area contributed by atoms with Gasteiger partial charge in [0.15, 0.2) is 0 Å². The topological polar surface area (TPSA) is 3.24 Å². The van der Waals surface area contributed by atoms with Crippen LogP contribution in [0.25, 0.3) is 0 Å². The lowest BCUT2D eigenvalue weighted by Crippen LogP contribution is -2.02.